The zero-order valence-corrected chi connectivity index (χ0v) is 20.5. The van der Waals surface area contributed by atoms with Crippen LogP contribution in [0.25, 0.3) is 0 Å². The minimum atomic E-state index is -4.22. The summed E-state index contributed by atoms with van der Waals surface area (Å²) in [6, 6.07) is 15.8. The first-order valence-electron chi connectivity index (χ1n) is 10.5. The van der Waals surface area contributed by atoms with E-state index in [-0.39, 0.29) is 0 Å². The first kappa shape index (κ1) is 23.5. The third-order valence-corrected chi connectivity index (χ3v) is 11.3. The topological polar surface area (TPSA) is 123 Å². The summed E-state index contributed by atoms with van der Waals surface area (Å²) in [5.41, 5.74) is 19.9. The summed E-state index contributed by atoms with van der Waals surface area (Å²) in [7, 11) is 0. The van der Waals surface area contributed by atoms with Gasteiger partial charge in [-0.1, -0.05) is 0 Å². The van der Waals surface area contributed by atoms with Crippen molar-refractivity contribution in [2.45, 2.75) is 20.8 Å². The van der Waals surface area contributed by atoms with Gasteiger partial charge in [0.25, 0.3) is 0 Å². The molecule has 0 spiro atoms. The van der Waals surface area contributed by atoms with Gasteiger partial charge in [-0.15, -0.1) is 0 Å². The fourth-order valence-corrected chi connectivity index (χ4v) is 9.19. The van der Waals surface area contributed by atoms with Gasteiger partial charge < -0.3 is 0 Å². The Bertz CT molecular complexity index is 1010. The summed E-state index contributed by atoms with van der Waals surface area (Å²) in [5, 5.41) is 0. The number of nitrogen functional groups attached to an aromatic ring is 3. The van der Waals surface area contributed by atoms with Crippen LogP contribution in [0.2, 0.25) is 0 Å². The fraction of sp³-hybridized carbons (Fsp3) is 0.250. The minimum absolute atomic E-state index is 0.420. The quantitative estimate of drug-likeness (QED) is 0.304. The van der Waals surface area contributed by atoms with Crippen molar-refractivity contribution in [3.05, 3.63) is 54.6 Å². The molecule has 0 amide bonds. The predicted molar refractivity (Wildman–Crippen MR) is 131 cm³/mol. The van der Waals surface area contributed by atoms with Gasteiger partial charge in [-0.05, 0) is 0 Å². The van der Waals surface area contributed by atoms with Crippen LogP contribution in [0.1, 0.15) is 20.8 Å². The molecule has 0 aliphatic rings. The monoisotopic (exact) mass is 499 g/mol. The number of hydrogen-bond acceptors (Lipinski definition) is 7. The Morgan fingerprint density at radius 1 is 0.594 bits per heavy atom. The van der Waals surface area contributed by atoms with E-state index in [0.717, 1.165) is 0 Å². The number of nitrogens with two attached hydrogens (primary N) is 3. The van der Waals surface area contributed by atoms with Gasteiger partial charge in [0, 0.05) is 0 Å². The number of rotatable bonds is 9. The molecular formula is C24H30AsN3O4. The zero-order valence-electron chi connectivity index (χ0n) is 18.6. The van der Waals surface area contributed by atoms with Crippen LogP contribution >= 0.6 is 0 Å². The number of ether oxygens (including phenoxy) is 3. The van der Waals surface area contributed by atoms with Crippen molar-refractivity contribution >= 4 is 43.6 Å². The summed E-state index contributed by atoms with van der Waals surface area (Å²) in [6.45, 7) is 7.10. The molecule has 0 fully saturated rings. The Kier molecular flexibility index (Phi) is 7.31. The van der Waals surface area contributed by atoms with Gasteiger partial charge in [-0.3, -0.25) is 0 Å². The molecule has 0 bridgehead atoms. The molecule has 0 saturated carbocycles. The number of benzene rings is 3. The van der Waals surface area contributed by atoms with Crippen molar-refractivity contribution in [2.75, 3.05) is 37.0 Å². The van der Waals surface area contributed by atoms with Gasteiger partial charge in [-0.25, -0.2) is 0 Å². The molecule has 0 aliphatic carbocycles. The standard InChI is InChI=1S/C24H30AsN3O4/c1-4-30-22-10-7-16(13-19(22)26)25(29,17-8-11-23(31-5-2)20(27)14-17)18-9-12-24(32-6-3)21(28)15-18/h7-15H,4-6,26-28H2,1-3H3. The van der Waals surface area contributed by atoms with Crippen LogP contribution in [0.5, 0.6) is 17.2 Å². The van der Waals surface area contributed by atoms with E-state index in [9.17, 15) is 3.74 Å². The molecule has 6 N–H and O–H groups in total. The molecule has 0 unspecified atom stereocenters. The Labute approximate surface area is 191 Å². The van der Waals surface area contributed by atoms with E-state index in [1.54, 1.807) is 54.6 Å². The van der Waals surface area contributed by atoms with Gasteiger partial charge in [0.1, 0.15) is 0 Å². The molecule has 7 nitrogen and oxygen atoms in total. The van der Waals surface area contributed by atoms with Crippen molar-refractivity contribution < 1.29 is 18.0 Å². The molecule has 8 heteroatoms. The van der Waals surface area contributed by atoms with Crippen molar-refractivity contribution in [3.8, 4) is 17.2 Å². The molecule has 3 rings (SSSR count). The second-order valence-electron chi connectivity index (χ2n) is 7.07. The van der Waals surface area contributed by atoms with E-state index in [4.69, 9.17) is 31.4 Å². The Balaban J connectivity index is 2.22. The molecule has 3 aromatic rings. The van der Waals surface area contributed by atoms with E-state index in [1.165, 1.54) is 0 Å². The molecule has 3 aromatic carbocycles. The summed E-state index contributed by atoms with van der Waals surface area (Å²) in [6.07, 6.45) is 0. The molecule has 0 heterocycles. The van der Waals surface area contributed by atoms with Crippen molar-refractivity contribution in [3.63, 3.8) is 0 Å². The van der Waals surface area contributed by atoms with E-state index >= 15 is 0 Å². The van der Waals surface area contributed by atoms with Crippen LogP contribution in [-0.4, -0.2) is 33.3 Å². The second kappa shape index (κ2) is 9.96. The van der Waals surface area contributed by atoms with Crippen molar-refractivity contribution in [1.29, 1.82) is 0 Å². The third-order valence-electron chi connectivity index (χ3n) is 4.97. The normalized spacial score (nSPS) is 11.2. The maximum absolute atomic E-state index is 14.9. The van der Waals surface area contributed by atoms with Crippen LogP contribution in [0.4, 0.5) is 17.1 Å². The molecule has 0 atom stereocenters. The maximum atomic E-state index is 14.9. The fourth-order valence-electron chi connectivity index (χ4n) is 3.50. The Morgan fingerprint density at radius 2 is 0.875 bits per heavy atom. The van der Waals surface area contributed by atoms with Crippen LogP contribution in [-0.2, 0) is 3.74 Å². The molecule has 0 aromatic heterocycles. The predicted octanol–water partition coefficient (Wildman–Crippen LogP) is 2.03. The zero-order chi connectivity index (χ0) is 23.3. The van der Waals surface area contributed by atoms with Crippen LogP contribution in [0.3, 0.4) is 0 Å². The van der Waals surface area contributed by atoms with Gasteiger partial charge in [-0.2, -0.15) is 0 Å². The summed E-state index contributed by atoms with van der Waals surface area (Å²) < 4.78 is 33.4. The van der Waals surface area contributed by atoms with Crippen LogP contribution in [0.15, 0.2) is 54.6 Å². The van der Waals surface area contributed by atoms with Gasteiger partial charge in [0.2, 0.25) is 0 Å². The van der Waals surface area contributed by atoms with E-state index in [2.05, 4.69) is 0 Å². The van der Waals surface area contributed by atoms with Crippen molar-refractivity contribution in [1.82, 2.24) is 0 Å². The molecular weight excluding hydrogens is 469 g/mol. The van der Waals surface area contributed by atoms with Crippen LogP contribution in [0, 0.1) is 0 Å². The molecule has 32 heavy (non-hydrogen) atoms. The van der Waals surface area contributed by atoms with E-state index < -0.39 is 13.5 Å². The van der Waals surface area contributed by atoms with Gasteiger partial charge in [0.05, 0.1) is 0 Å². The summed E-state index contributed by atoms with van der Waals surface area (Å²) >= 11 is -4.22. The molecule has 0 aliphatic heterocycles. The number of anilines is 3. The first-order valence-corrected chi connectivity index (χ1v) is 14.1. The Morgan fingerprint density at radius 3 is 1.09 bits per heavy atom. The van der Waals surface area contributed by atoms with Gasteiger partial charge >= 0.3 is 191 Å². The summed E-state index contributed by atoms with van der Waals surface area (Å²) in [5.74, 6) is 1.65. The van der Waals surface area contributed by atoms with E-state index in [1.807, 2.05) is 20.8 Å². The molecule has 0 radical (unpaired) electrons. The number of hydrogen-bond donors (Lipinski definition) is 3. The third kappa shape index (κ3) is 4.53. The Hall–Kier alpha value is -3.18. The first-order chi connectivity index (χ1) is 15.3. The average molecular weight is 499 g/mol. The van der Waals surface area contributed by atoms with Crippen molar-refractivity contribution in [2.24, 2.45) is 0 Å². The molecule has 170 valence electrons. The van der Waals surface area contributed by atoms with E-state index in [0.29, 0.717) is 67.2 Å². The summed E-state index contributed by atoms with van der Waals surface area (Å²) in [4.78, 5) is 0. The SMILES string of the molecule is CCOc1ccc([As](=O)(c2ccc(OCC)c(N)c2)c2ccc(OCC)c(N)c2)cc1N. The average Bonchev–Trinajstić information content (AvgIpc) is 2.77. The van der Waals surface area contributed by atoms with Crippen LogP contribution < -0.4 is 44.5 Å². The second-order valence-corrected chi connectivity index (χ2v) is 12.9. The van der Waals surface area contributed by atoms with Gasteiger partial charge in [0.15, 0.2) is 0 Å². The molecule has 0 saturated heterocycles.